The van der Waals surface area contributed by atoms with Gasteiger partial charge in [0, 0.05) is 32.3 Å². The van der Waals surface area contributed by atoms with E-state index in [4.69, 9.17) is 16.1 Å². The third kappa shape index (κ3) is 6.47. The molecule has 0 atom stereocenters. The number of hydrogen-bond donors (Lipinski definition) is 3. The molecule has 0 aliphatic heterocycles. The largest absolute Gasteiger partial charge is 0.372 e. The molecule has 3 rings (SSSR count). The lowest BCUT2D eigenvalue weighted by Gasteiger charge is -2.23. The molecule has 0 radical (unpaired) electrons. The summed E-state index contributed by atoms with van der Waals surface area (Å²) < 4.78 is 60.7. The first-order valence-electron chi connectivity index (χ1n) is 9.48. The van der Waals surface area contributed by atoms with Crippen LogP contribution in [0.3, 0.4) is 0 Å². The first-order valence-corrected chi connectivity index (χ1v) is 11.3. The maximum Gasteiger partial charge on any atom is 0.266 e. The van der Waals surface area contributed by atoms with E-state index in [-0.39, 0.29) is 28.9 Å². The van der Waals surface area contributed by atoms with Gasteiger partial charge >= 0.3 is 0 Å². The number of nitrogens with zero attached hydrogens (tertiary/aromatic N) is 2. The second-order valence-corrected chi connectivity index (χ2v) is 9.06. The number of benzene rings is 2. The Hall–Kier alpha value is -2.60. The Bertz CT molecular complexity index is 1220. The van der Waals surface area contributed by atoms with Crippen LogP contribution in [0.25, 0.3) is 0 Å². The summed E-state index contributed by atoms with van der Waals surface area (Å²) >= 11 is 6.26. The number of halogens is 4. The summed E-state index contributed by atoms with van der Waals surface area (Å²) in [5, 5.41) is 9.45. The van der Waals surface area contributed by atoms with Crippen LogP contribution < -0.4 is 20.3 Å². The Labute approximate surface area is 201 Å². The van der Waals surface area contributed by atoms with Crippen molar-refractivity contribution in [3.8, 4) is 0 Å². The molecule has 0 aliphatic carbocycles. The number of anilines is 4. The fraction of sp³-hybridized carbons (Fsp3) is 0.250. The first kappa shape index (κ1) is 26.7. The third-order valence-electron chi connectivity index (χ3n) is 4.52. The van der Waals surface area contributed by atoms with Crippen molar-refractivity contribution in [1.29, 1.82) is 0 Å². The van der Waals surface area contributed by atoms with E-state index in [2.05, 4.69) is 20.5 Å². The summed E-state index contributed by atoms with van der Waals surface area (Å²) in [7, 11) is -0.720. The molecule has 3 aromatic rings. The van der Waals surface area contributed by atoms with Gasteiger partial charge in [-0.3, -0.25) is 4.72 Å². The average molecular weight is 522 g/mol. The molecular formula is C20H23Cl2F2N5O3S. The lowest BCUT2D eigenvalue weighted by atomic mass is 10.2. The van der Waals surface area contributed by atoms with Gasteiger partial charge in [0.2, 0.25) is 0 Å². The molecule has 8 nitrogen and oxygen atoms in total. The van der Waals surface area contributed by atoms with Gasteiger partial charge in [-0.05, 0) is 38.2 Å². The molecule has 0 saturated heterocycles. The first-order chi connectivity index (χ1) is 15.1. The van der Waals surface area contributed by atoms with Crippen LogP contribution in [-0.2, 0) is 10.0 Å². The van der Waals surface area contributed by atoms with Crippen molar-refractivity contribution >= 4 is 56.9 Å². The molecule has 0 amide bonds. The Kier molecular flexibility index (Phi) is 8.89. The zero-order valence-corrected chi connectivity index (χ0v) is 20.3. The molecule has 33 heavy (non-hydrogen) atoms. The zero-order chi connectivity index (χ0) is 23.5. The highest BCUT2D eigenvalue weighted by molar-refractivity contribution is 7.92. The highest BCUT2D eigenvalue weighted by Crippen LogP contribution is 2.34. The van der Waals surface area contributed by atoms with Crippen molar-refractivity contribution in [2.75, 3.05) is 42.1 Å². The van der Waals surface area contributed by atoms with Crippen molar-refractivity contribution in [2.24, 2.45) is 0 Å². The minimum absolute atomic E-state index is 0. The van der Waals surface area contributed by atoms with E-state index in [0.717, 1.165) is 12.1 Å². The van der Waals surface area contributed by atoms with Gasteiger partial charge in [-0.1, -0.05) is 16.8 Å². The maximum absolute atomic E-state index is 14.8. The van der Waals surface area contributed by atoms with Crippen molar-refractivity contribution in [3.63, 3.8) is 0 Å². The van der Waals surface area contributed by atoms with Crippen LogP contribution in [0.15, 0.2) is 45.8 Å². The molecule has 1 aromatic heterocycles. The molecule has 180 valence electrons. The molecule has 1 heterocycles. The maximum atomic E-state index is 14.8. The second kappa shape index (κ2) is 11.0. The summed E-state index contributed by atoms with van der Waals surface area (Å²) in [4.78, 5) is 1.16. The van der Waals surface area contributed by atoms with Crippen LogP contribution in [0.5, 0.6) is 0 Å². The van der Waals surface area contributed by atoms with E-state index >= 15 is 0 Å². The van der Waals surface area contributed by atoms with Crippen LogP contribution in [0.1, 0.15) is 5.76 Å². The number of aromatic nitrogens is 1. The monoisotopic (exact) mass is 521 g/mol. The van der Waals surface area contributed by atoms with Crippen LogP contribution in [-0.4, -0.2) is 40.8 Å². The number of nitrogens with one attached hydrogen (secondary N) is 3. The minimum atomic E-state index is -4.30. The van der Waals surface area contributed by atoms with Gasteiger partial charge in [-0.2, -0.15) is 0 Å². The van der Waals surface area contributed by atoms with E-state index in [1.807, 2.05) is 4.90 Å². The Morgan fingerprint density at radius 1 is 1.15 bits per heavy atom. The molecule has 2 aromatic carbocycles. The number of rotatable bonds is 9. The predicted octanol–water partition coefficient (Wildman–Crippen LogP) is 4.54. The summed E-state index contributed by atoms with van der Waals surface area (Å²) in [5.41, 5.74) is 1.12. The quantitative estimate of drug-likeness (QED) is 0.380. The number of sulfonamides is 1. The Morgan fingerprint density at radius 2 is 1.88 bits per heavy atom. The van der Waals surface area contributed by atoms with Crippen molar-refractivity contribution in [2.45, 2.75) is 11.8 Å². The SMILES string of the molecule is CNCCN(C)c1cc(F)ccc1Nc1cc(F)c(S(=O)(=O)Nc2cc(C)on2)cc1Cl.Cl. The van der Waals surface area contributed by atoms with Gasteiger partial charge in [-0.15, -0.1) is 12.4 Å². The molecule has 3 N–H and O–H groups in total. The molecule has 13 heteroatoms. The lowest BCUT2D eigenvalue weighted by molar-refractivity contribution is 0.400. The highest BCUT2D eigenvalue weighted by atomic mass is 35.5. The molecule has 0 unspecified atom stereocenters. The number of aryl methyl sites for hydroxylation is 1. The van der Waals surface area contributed by atoms with Gasteiger partial charge in [0.1, 0.15) is 22.3 Å². The van der Waals surface area contributed by atoms with Crippen LogP contribution >= 0.6 is 24.0 Å². The van der Waals surface area contributed by atoms with E-state index < -0.39 is 26.6 Å². The minimum Gasteiger partial charge on any atom is -0.372 e. The van der Waals surface area contributed by atoms with Gasteiger partial charge in [0.05, 0.1) is 22.1 Å². The third-order valence-corrected chi connectivity index (χ3v) is 6.20. The molecule has 0 saturated carbocycles. The highest BCUT2D eigenvalue weighted by Gasteiger charge is 2.23. The van der Waals surface area contributed by atoms with Gasteiger partial charge in [0.25, 0.3) is 10.0 Å². The van der Waals surface area contributed by atoms with Crippen molar-refractivity contribution in [3.05, 3.63) is 58.8 Å². The van der Waals surface area contributed by atoms with E-state index in [0.29, 0.717) is 30.2 Å². The molecule has 0 bridgehead atoms. The van der Waals surface area contributed by atoms with Crippen molar-refractivity contribution < 1.29 is 21.7 Å². The topological polar surface area (TPSA) is 99.5 Å². The van der Waals surface area contributed by atoms with Crippen LogP contribution in [0.2, 0.25) is 5.02 Å². The second-order valence-electron chi connectivity index (χ2n) is 7.00. The van der Waals surface area contributed by atoms with Gasteiger partial charge in [0.15, 0.2) is 5.82 Å². The van der Waals surface area contributed by atoms with Crippen LogP contribution in [0, 0.1) is 18.6 Å². The number of hydrogen-bond acceptors (Lipinski definition) is 7. The summed E-state index contributed by atoms with van der Waals surface area (Å²) in [6, 6.07) is 7.39. The zero-order valence-electron chi connectivity index (χ0n) is 17.9. The predicted molar refractivity (Wildman–Crippen MR) is 128 cm³/mol. The lowest BCUT2D eigenvalue weighted by Crippen LogP contribution is -2.27. The summed E-state index contributed by atoms with van der Waals surface area (Å²) in [5.74, 6) is -1.16. The normalized spacial score (nSPS) is 11.1. The van der Waals surface area contributed by atoms with E-state index in [9.17, 15) is 17.2 Å². The smallest absolute Gasteiger partial charge is 0.266 e. The standard InChI is InChI=1S/C20H22ClF2N5O3S.ClH/c1-12-8-20(26-31-12)27-32(29,30)19-10-14(21)17(11-15(19)23)25-16-5-4-13(22)9-18(16)28(3)7-6-24-2;/h4-5,8-11,24-25H,6-7H2,1-3H3,(H,26,27);1H. The summed E-state index contributed by atoms with van der Waals surface area (Å²) in [6.07, 6.45) is 0. The Morgan fingerprint density at radius 3 is 2.52 bits per heavy atom. The van der Waals surface area contributed by atoms with Crippen LogP contribution in [0.4, 0.5) is 31.7 Å². The number of likely N-dealkylation sites (N-methyl/N-ethyl adjacent to an activating group) is 2. The van der Waals surface area contributed by atoms with Crippen molar-refractivity contribution in [1.82, 2.24) is 10.5 Å². The fourth-order valence-corrected chi connectivity index (χ4v) is 4.25. The molecular weight excluding hydrogens is 499 g/mol. The fourth-order valence-electron chi connectivity index (χ4n) is 2.91. The van der Waals surface area contributed by atoms with Gasteiger partial charge in [-0.25, -0.2) is 17.2 Å². The average Bonchev–Trinajstić information content (AvgIpc) is 3.13. The molecule has 0 aliphatic rings. The van der Waals surface area contributed by atoms with Gasteiger partial charge < -0.3 is 20.1 Å². The van der Waals surface area contributed by atoms with E-state index in [1.54, 1.807) is 21.0 Å². The molecule has 0 fully saturated rings. The van der Waals surface area contributed by atoms with E-state index in [1.165, 1.54) is 24.3 Å². The molecule has 0 spiro atoms. The Balaban J connectivity index is 0.00000385. The summed E-state index contributed by atoms with van der Waals surface area (Å²) in [6.45, 7) is 2.83.